The van der Waals surface area contributed by atoms with Crippen LogP contribution in [0, 0.1) is 0 Å². The first-order chi connectivity index (χ1) is 10.0. The summed E-state index contributed by atoms with van der Waals surface area (Å²) in [6.07, 6.45) is 1.85. The van der Waals surface area contributed by atoms with Gasteiger partial charge in [0, 0.05) is 23.3 Å². The monoisotopic (exact) mass is 320 g/mol. The summed E-state index contributed by atoms with van der Waals surface area (Å²) in [5.74, 6) is 0. The molecule has 21 heavy (non-hydrogen) atoms. The Morgan fingerprint density at radius 1 is 1.05 bits per heavy atom. The van der Waals surface area contributed by atoms with Gasteiger partial charge in [0.2, 0.25) is 10.0 Å². The highest BCUT2D eigenvalue weighted by Gasteiger charge is 2.13. The van der Waals surface area contributed by atoms with Crippen molar-refractivity contribution in [3.05, 3.63) is 65.3 Å². The molecule has 0 aliphatic rings. The van der Waals surface area contributed by atoms with Crippen LogP contribution < -0.4 is 4.72 Å². The summed E-state index contributed by atoms with van der Waals surface area (Å²) in [4.78, 5) is 3.30. The van der Waals surface area contributed by atoms with E-state index in [1.54, 1.807) is 12.1 Å². The van der Waals surface area contributed by atoms with Crippen LogP contribution >= 0.6 is 11.6 Å². The molecule has 3 rings (SSSR count). The molecule has 0 spiro atoms. The van der Waals surface area contributed by atoms with Crippen molar-refractivity contribution in [1.29, 1.82) is 0 Å². The zero-order valence-electron chi connectivity index (χ0n) is 11.0. The number of aromatic nitrogens is 1. The minimum atomic E-state index is -3.53. The molecule has 0 amide bonds. The van der Waals surface area contributed by atoms with Crippen molar-refractivity contribution in [2.75, 3.05) is 0 Å². The summed E-state index contributed by atoms with van der Waals surface area (Å²) in [5.41, 5.74) is 1.93. The Morgan fingerprint density at radius 2 is 1.81 bits per heavy atom. The van der Waals surface area contributed by atoms with Crippen LogP contribution in [0.4, 0.5) is 0 Å². The summed E-state index contributed by atoms with van der Waals surface area (Å²) in [6.45, 7) is 0.242. The van der Waals surface area contributed by atoms with Gasteiger partial charge in [0.15, 0.2) is 0 Å². The first kappa shape index (κ1) is 14.1. The fourth-order valence-electron chi connectivity index (χ4n) is 2.09. The highest BCUT2D eigenvalue weighted by molar-refractivity contribution is 7.89. The number of benzene rings is 2. The van der Waals surface area contributed by atoms with E-state index >= 15 is 0 Å². The summed E-state index contributed by atoms with van der Waals surface area (Å²) in [6, 6.07) is 13.8. The van der Waals surface area contributed by atoms with E-state index in [1.807, 2.05) is 30.5 Å². The van der Waals surface area contributed by atoms with Crippen LogP contribution in [0.25, 0.3) is 10.9 Å². The lowest BCUT2D eigenvalue weighted by Gasteiger charge is -2.07. The molecule has 1 heterocycles. The molecule has 2 N–H and O–H groups in total. The zero-order valence-corrected chi connectivity index (χ0v) is 12.6. The first-order valence-corrected chi connectivity index (χ1v) is 8.22. The second kappa shape index (κ2) is 5.52. The molecule has 0 atom stereocenters. The minimum absolute atomic E-state index is 0.203. The largest absolute Gasteiger partial charge is 0.361 e. The molecule has 0 aliphatic carbocycles. The molecule has 108 valence electrons. The zero-order chi connectivity index (χ0) is 14.9. The Kier molecular flexibility index (Phi) is 3.71. The van der Waals surface area contributed by atoms with E-state index in [0.717, 1.165) is 16.5 Å². The molecule has 0 saturated carbocycles. The third-order valence-electron chi connectivity index (χ3n) is 3.21. The number of H-pyrrole nitrogens is 1. The van der Waals surface area contributed by atoms with E-state index in [-0.39, 0.29) is 11.4 Å². The summed E-state index contributed by atoms with van der Waals surface area (Å²) >= 11 is 5.76. The van der Waals surface area contributed by atoms with E-state index in [0.29, 0.717) is 5.02 Å². The molecule has 0 aliphatic heterocycles. The molecule has 0 bridgehead atoms. The standard InChI is InChI=1S/C15H13ClN2O2S/c16-13-2-4-14(5-3-13)21(19,20)18-10-11-1-6-15-12(9-11)7-8-17-15/h1-9,17-18H,10H2. The van der Waals surface area contributed by atoms with Crippen LogP contribution in [0.3, 0.4) is 0 Å². The highest BCUT2D eigenvalue weighted by Crippen LogP contribution is 2.16. The molecule has 0 unspecified atom stereocenters. The maximum Gasteiger partial charge on any atom is 0.240 e. The minimum Gasteiger partial charge on any atom is -0.361 e. The molecule has 0 saturated heterocycles. The number of hydrogen-bond acceptors (Lipinski definition) is 2. The first-order valence-electron chi connectivity index (χ1n) is 6.36. The van der Waals surface area contributed by atoms with Crippen molar-refractivity contribution < 1.29 is 8.42 Å². The number of fused-ring (bicyclic) bond motifs is 1. The van der Waals surface area contributed by atoms with Crippen molar-refractivity contribution in [2.24, 2.45) is 0 Å². The fourth-order valence-corrected chi connectivity index (χ4v) is 3.23. The maximum atomic E-state index is 12.2. The quantitative estimate of drug-likeness (QED) is 0.774. The highest BCUT2D eigenvalue weighted by atomic mass is 35.5. The van der Waals surface area contributed by atoms with Crippen molar-refractivity contribution in [2.45, 2.75) is 11.4 Å². The third-order valence-corrected chi connectivity index (χ3v) is 4.88. The van der Waals surface area contributed by atoms with Crippen molar-refractivity contribution in [1.82, 2.24) is 9.71 Å². The Labute approximate surface area is 127 Å². The van der Waals surface area contributed by atoms with E-state index < -0.39 is 10.0 Å². The Balaban J connectivity index is 1.78. The van der Waals surface area contributed by atoms with Crippen LogP contribution in [0.5, 0.6) is 0 Å². The number of halogens is 1. The van der Waals surface area contributed by atoms with Gasteiger partial charge >= 0.3 is 0 Å². The van der Waals surface area contributed by atoms with Gasteiger partial charge in [0.25, 0.3) is 0 Å². The SMILES string of the molecule is O=S(=O)(NCc1ccc2[nH]ccc2c1)c1ccc(Cl)cc1. The number of nitrogens with one attached hydrogen (secondary N) is 2. The Morgan fingerprint density at radius 3 is 2.57 bits per heavy atom. The summed E-state index contributed by atoms with van der Waals surface area (Å²) in [5, 5.41) is 1.56. The summed E-state index contributed by atoms with van der Waals surface area (Å²) in [7, 11) is -3.53. The van der Waals surface area contributed by atoms with Gasteiger partial charge in [0.05, 0.1) is 4.90 Å². The molecular formula is C15H13ClN2O2S. The smallest absolute Gasteiger partial charge is 0.240 e. The van der Waals surface area contributed by atoms with Gasteiger partial charge in [-0.3, -0.25) is 0 Å². The third kappa shape index (κ3) is 3.10. The number of hydrogen-bond donors (Lipinski definition) is 2. The van der Waals surface area contributed by atoms with Gasteiger partial charge in [0.1, 0.15) is 0 Å². The molecular weight excluding hydrogens is 308 g/mol. The number of rotatable bonds is 4. The van der Waals surface area contributed by atoms with Crippen LogP contribution in [0.15, 0.2) is 59.6 Å². The van der Waals surface area contributed by atoms with Crippen LogP contribution in [0.2, 0.25) is 5.02 Å². The normalized spacial score (nSPS) is 11.9. The van der Waals surface area contributed by atoms with Crippen LogP contribution in [-0.2, 0) is 16.6 Å². The summed E-state index contributed by atoms with van der Waals surface area (Å²) < 4.78 is 26.9. The number of sulfonamides is 1. The topological polar surface area (TPSA) is 62.0 Å². The van der Waals surface area contributed by atoms with E-state index in [2.05, 4.69) is 9.71 Å². The van der Waals surface area contributed by atoms with Crippen LogP contribution in [-0.4, -0.2) is 13.4 Å². The van der Waals surface area contributed by atoms with E-state index in [4.69, 9.17) is 11.6 Å². The molecule has 2 aromatic carbocycles. The van der Waals surface area contributed by atoms with Crippen molar-refractivity contribution in [3.8, 4) is 0 Å². The van der Waals surface area contributed by atoms with Gasteiger partial charge in [-0.1, -0.05) is 17.7 Å². The van der Waals surface area contributed by atoms with Gasteiger partial charge in [-0.15, -0.1) is 0 Å². The van der Waals surface area contributed by atoms with Gasteiger partial charge in [-0.05, 0) is 53.4 Å². The Hall–Kier alpha value is -1.82. The van der Waals surface area contributed by atoms with Gasteiger partial charge in [-0.2, -0.15) is 0 Å². The number of aromatic amines is 1. The molecule has 3 aromatic rings. The fraction of sp³-hybridized carbons (Fsp3) is 0.0667. The lowest BCUT2D eigenvalue weighted by Crippen LogP contribution is -2.23. The molecule has 6 heteroatoms. The van der Waals surface area contributed by atoms with E-state index in [1.165, 1.54) is 12.1 Å². The molecule has 0 fully saturated rings. The molecule has 0 radical (unpaired) electrons. The maximum absolute atomic E-state index is 12.2. The molecule has 1 aromatic heterocycles. The lowest BCUT2D eigenvalue weighted by molar-refractivity contribution is 0.581. The van der Waals surface area contributed by atoms with Crippen molar-refractivity contribution >= 4 is 32.5 Å². The van der Waals surface area contributed by atoms with Crippen LogP contribution in [0.1, 0.15) is 5.56 Å². The van der Waals surface area contributed by atoms with Gasteiger partial charge in [-0.25, -0.2) is 13.1 Å². The average Bonchev–Trinajstić information content (AvgIpc) is 2.93. The van der Waals surface area contributed by atoms with Crippen molar-refractivity contribution in [3.63, 3.8) is 0 Å². The predicted octanol–water partition coefficient (Wildman–Crippen LogP) is 3.30. The Bertz CT molecular complexity index is 870. The second-order valence-corrected chi connectivity index (χ2v) is 6.88. The van der Waals surface area contributed by atoms with E-state index in [9.17, 15) is 8.42 Å². The van der Waals surface area contributed by atoms with Gasteiger partial charge < -0.3 is 4.98 Å². The lowest BCUT2D eigenvalue weighted by atomic mass is 10.1. The second-order valence-electron chi connectivity index (χ2n) is 4.68. The average molecular weight is 321 g/mol. The molecule has 4 nitrogen and oxygen atoms in total. The predicted molar refractivity (Wildman–Crippen MR) is 83.8 cm³/mol.